The highest BCUT2D eigenvalue weighted by molar-refractivity contribution is 6.34. The Morgan fingerprint density at radius 1 is 1.07 bits per heavy atom. The van der Waals surface area contributed by atoms with Gasteiger partial charge in [0.1, 0.15) is 5.57 Å². The molecule has 0 spiro atoms. The molecule has 1 atom stereocenters. The molecule has 144 valence electrons. The summed E-state index contributed by atoms with van der Waals surface area (Å²) in [6, 6.07) is 3.19. The van der Waals surface area contributed by atoms with Crippen LogP contribution in [-0.2, 0) is 9.59 Å². The first-order valence-corrected chi connectivity index (χ1v) is 9.22. The van der Waals surface area contributed by atoms with E-state index in [1.807, 2.05) is 19.2 Å². The van der Waals surface area contributed by atoms with Crippen LogP contribution in [0.15, 0.2) is 17.7 Å². The molecule has 2 aliphatic heterocycles. The van der Waals surface area contributed by atoms with Crippen molar-refractivity contribution in [2.75, 3.05) is 26.0 Å². The molecule has 0 unspecified atom stereocenters. The van der Waals surface area contributed by atoms with Crippen LogP contribution in [0, 0.1) is 0 Å². The molecule has 4 amide bonds. The van der Waals surface area contributed by atoms with Gasteiger partial charge in [-0.05, 0) is 55.5 Å². The standard InChI is InChI=1S/C20H24ClN3O3/c1-11-10-20(2,3)24(6)16-9-15(21)12(7-13(11)16)8-14-17(25)22(4)19(27)23(5)18(14)26/h7-9,11H,10H2,1-6H3/t11-/m0/s1. The molecule has 7 heteroatoms. The van der Waals surface area contributed by atoms with Crippen molar-refractivity contribution in [3.05, 3.63) is 33.9 Å². The van der Waals surface area contributed by atoms with Crippen LogP contribution in [0.3, 0.4) is 0 Å². The van der Waals surface area contributed by atoms with Gasteiger partial charge < -0.3 is 4.90 Å². The summed E-state index contributed by atoms with van der Waals surface area (Å²) in [5.74, 6) is -0.934. The van der Waals surface area contributed by atoms with Gasteiger partial charge >= 0.3 is 6.03 Å². The third-order valence-electron chi connectivity index (χ3n) is 5.70. The van der Waals surface area contributed by atoms with E-state index in [0.29, 0.717) is 16.5 Å². The van der Waals surface area contributed by atoms with Crippen molar-refractivity contribution in [1.82, 2.24) is 9.80 Å². The minimum absolute atomic E-state index is 0.0107. The first-order chi connectivity index (χ1) is 12.5. The molecule has 2 aliphatic rings. The fraction of sp³-hybridized carbons (Fsp3) is 0.450. The van der Waals surface area contributed by atoms with E-state index in [1.54, 1.807) is 0 Å². The normalized spacial score (nSPS) is 22.3. The van der Waals surface area contributed by atoms with Crippen LogP contribution in [0.4, 0.5) is 10.5 Å². The number of amides is 4. The zero-order valence-electron chi connectivity index (χ0n) is 16.5. The molecule has 1 fully saturated rings. The van der Waals surface area contributed by atoms with Crippen LogP contribution in [0.25, 0.3) is 6.08 Å². The molecular weight excluding hydrogens is 366 g/mol. The van der Waals surface area contributed by atoms with Crippen molar-refractivity contribution in [3.8, 4) is 0 Å². The molecule has 6 nitrogen and oxygen atoms in total. The number of nitrogens with zero attached hydrogens (tertiary/aromatic N) is 3. The topological polar surface area (TPSA) is 60.9 Å². The summed E-state index contributed by atoms with van der Waals surface area (Å²) in [7, 11) is 4.76. The maximum Gasteiger partial charge on any atom is 0.333 e. The Balaban J connectivity index is 2.10. The molecule has 0 bridgehead atoms. The van der Waals surface area contributed by atoms with Crippen molar-refractivity contribution in [1.29, 1.82) is 0 Å². The van der Waals surface area contributed by atoms with E-state index in [1.165, 1.54) is 20.2 Å². The molecule has 0 N–H and O–H groups in total. The molecule has 27 heavy (non-hydrogen) atoms. The van der Waals surface area contributed by atoms with Crippen molar-refractivity contribution >= 4 is 41.2 Å². The van der Waals surface area contributed by atoms with E-state index in [9.17, 15) is 14.4 Å². The van der Waals surface area contributed by atoms with Gasteiger partial charge in [0.15, 0.2) is 0 Å². The largest absolute Gasteiger partial charge is 0.369 e. The van der Waals surface area contributed by atoms with Gasteiger partial charge in [-0.15, -0.1) is 0 Å². The van der Waals surface area contributed by atoms with Crippen LogP contribution in [-0.4, -0.2) is 54.3 Å². The lowest BCUT2D eigenvalue weighted by atomic mass is 9.80. The average molecular weight is 390 g/mol. The number of rotatable bonds is 1. The number of barbiturate groups is 1. The van der Waals surface area contributed by atoms with Crippen molar-refractivity contribution in [2.45, 2.75) is 38.6 Å². The van der Waals surface area contributed by atoms with E-state index >= 15 is 0 Å². The second kappa shape index (κ2) is 6.37. The Labute approximate surface area is 164 Å². The van der Waals surface area contributed by atoms with E-state index in [4.69, 9.17) is 11.6 Å². The Hall–Kier alpha value is -2.34. The summed E-state index contributed by atoms with van der Waals surface area (Å²) in [4.78, 5) is 40.8. The van der Waals surface area contributed by atoms with Crippen molar-refractivity contribution < 1.29 is 14.4 Å². The van der Waals surface area contributed by atoms with E-state index < -0.39 is 17.8 Å². The number of imide groups is 2. The Morgan fingerprint density at radius 2 is 1.63 bits per heavy atom. The summed E-state index contributed by atoms with van der Waals surface area (Å²) in [5, 5.41) is 0.459. The summed E-state index contributed by atoms with van der Waals surface area (Å²) >= 11 is 6.50. The maximum absolute atomic E-state index is 12.4. The number of halogens is 1. The van der Waals surface area contributed by atoms with Gasteiger partial charge in [0.05, 0.1) is 0 Å². The number of carbonyl (C=O) groups is 3. The van der Waals surface area contributed by atoms with Crippen LogP contribution in [0.1, 0.15) is 44.2 Å². The fourth-order valence-electron chi connectivity index (χ4n) is 3.85. The van der Waals surface area contributed by atoms with E-state index in [0.717, 1.165) is 27.5 Å². The van der Waals surface area contributed by atoms with Crippen molar-refractivity contribution in [2.24, 2.45) is 0 Å². The lowest BCUT2D eigenvalue weighted by molar-refractivity contribution is -0.134. The zero-order valence-corrected chi connectivity index (χ0v) is 17.2. The Morgan fingerprint density at radius 3 is 2.19 bits per heavy atom. The number of likely N-dealkylation sites (N-methyl/N-ethyl adjacent to an activating group) is 2. The molecule has 2 heterocycles. The lowest BCUT2D eigenvalue weighted by Gasteiger charge is -2.45. The van der Waals surface area contributed by atoms with Gasteiger partial charge in [-0.2, -0.15) is 0 Å². The van der Waals surface area contributed by atoms with Crippen LogP contribution < -0.4 is 4.90 Å². The first-order valence-electron chi connectivity index (χ1n) is 8.84. The van der Waals surface area contributed by atoms with Crippen molar-refractivity contribution in [3.63, 3.8) is 0 Å². The second-order valence-electron chi connectivity index (χ2n) is 7.98. The molecule has 0 saturated carbocycles. The summed E-state index contributed by atoms with van der Waals surface area (Å²) in [5.41, 5.74) is 2.72. The van der Waals surface area contributed by atoms with E-state index in [-0.39, 0.29) is 11.1 Å². The minimum atomic E-state index is -0.642. The molecule has 1 aromatic rings. The highest BCUT2D eigenvalue weighted by atomic mass is 35.5. The molecule has 0 aliphatic carbocycles. The number of hydrogen-bond donors (Lipinski definition) is 0. The summed E-state index contributed by atoms with van der Waals surface area (Å²) in [6.07, 6.45) is 2.46. The van der Waals surface area contributed by atoms with Gasteiger partial charge in [-0.3, -0.25) is 19.4 Å². The number of carbonyl (C=O) groups excluding carboxylic acids is 3. The monoisotopic (exact) mass is 389 g/mol. The quantitative estimate of drug-likeness (QED) is 0.545. The van der Waals surface area contributed by atoms with Gasteiger partial charge in [0, 0.05) is 37.4 Å². The molecule has 0 aromatic heterocycles. The molecule has 3 rings (SSSR count). The number of fused-ring (bicyclic) bond motifs is 1. The third-order valence-corrected chi connectivity index (χ3v) is 6.02. The smallest absolute Gasteiger partial charge is 0.333 e. The molecule has 1 aromatic carbocycles. The zero-order chi connectivity index (χ0) is 20.3. The maximum atomic E-state index is 12.4. The number of urea groups is 1. The highest BCUT2D eigenvalue weighted by Gasteiger charge is 2.38. The van der Waals surface area contributed by atoms with Crippen LogP contribution in [0.2, 0.25) is 5.02 Å². The lowest BCUT2D eigenvalue weighted by Crippen LogP contribution is -2.52. The molecule has 0 radical (unpaired) electrons. The predicted octanol–water partition coefficient (Wildman–Crippen LogP) is 3.50. The van der Waals surface area contributed by atoms with Gasteiger partial charge in [-0.25, -0.2) is 4.79 Å². The number of hydrogen-bond acceptors (Lipinski definition) is 4. The predicted molar refractivity (Wildman–Crippen MR) is 106 cm³/mol. The average Bonchev–Trinajstić information content (AvgIpc) is 2.60. The minimum Gasteiger partial charge on any atom is -0.369 e. The van der Waals surface area contributed by atoms with Crippen LogP contribution in [0.5, 0.6) is 0 Å². The van der Waals surface area contributed by atoms with Gasteiger partial charge in [0.2, 0.25) is 0 Å². The van der Waals surface area contributed by atoms with E-state index in [2.05, 4.69) is 25.7 Å². The molecular formula is C20H24ClN3O3. The Bertz CT molecular complexity index is 865. The van der Waals surface area contributed by atoms with Crippen LogP contribution >= 0.6 is 11.6 Å². The second-order valence-corrected chi connectivity index (χ2v) is 8.39. The number of anilines is 1. The summed E-state index contributed by atoms with van der Waals surface area (Å²) < 4.78 is 0. The van der Waals surface area contributed by atoms with Gasteiger partial charge in [0.25, 0.3) is 11.8 Å². The van der Waals surface area contributed by atoms with Gasteiger partial charge in [-0.1, -0.05) is 18.5 Å². The Kier molecular flexibility index (Phi) is 4.58. The fourth-order valence-corrected chi connectivity index (χ4v) is 4.06. The first kappa shape index (κ1) is 19.4. The third kappa shape index (κ3) is 3.02. The highest BCUT2D eigenvalue weighted by Crippen LogP contribution is 2.44. The summed E-state index contributed by atoms with van der Waals surface area (Å²) in [6.45, 7) is 6.55. The number of benzene rings is 1. The SMILES string of the molecule is C[C@H]1CC(C)(C)N(C)c2cc(Cl)c(C=C3C(=O)N(C)C(=O)N(C)C3=O)cc21. The molecule has 1 saturated heterocycles.